The zero-order valence-electron chi connectivity index (χ0n) is 14.6. The molecule has 0 unspecified atom stereocenters. The van der Waals surface area contributed by atoms with Crippen molar-refractivity contribution in [1.82, 2.24) is 20.2 Å². The molecule has 0 radical (unpaired) electrons. The number of carbonyl (C=O) groups excluding carboxylic acids is 1. The Kier molecular flexibility index (Phi) is 5.38. The van der Waals surface area contributed by atoms with E-state index < -0.39 is 0 Å². The molecule has 1 aliphatic rings. The number of aryl methyl sites for hydroxylation is 2. The van der Waals surface area contributed by atoms with Gasteiger partial charge in [-0.3, -0.25) is 9.69 Å². The van der Waals surface area contributed by atoms with E-state index in [2.05, 4.69) is 20.2 Å². The van der Waals surface area contributed by atoms with Crippen molar-refractivity contribution >= 4 is 5.91 Å². The standard InChI is InChI=1S/C19H23FN4O/c1-13-17(11-21-14(2)22-13)19(25)23-16-7-9-24(10-8-16)12-15-5-3-4-6-18(15)20/h3-6,11,16H,7-10,12H2,1-2H3,(H,23,25). The fourth-order valence-electron chi connectivity index (χ4n) is 3.17. The number of nitrogens with zero attached hydrogens (tertiary/aromatic N) is 3. The first-order valence-corrected chi connectivity index (χ1v) is 8.60. The van der Waals surface area contributed by atoms with Gasteiger partial charge in [0, 0.05) is 37.4 Å². The number of aromatic nitrogens is 2. The summed E-state index contributed by atoms with van der Waals surface area (Å²) < 4.78 is 13.8. The molecular formula is C19H23FN4O. The molecule has 132 valence electrons. The molecule has 3 rings (SSSR count). The van der Waals surface area contributed by atoms with Gasteiger partial charge in [-0.2, -0.15) is 0 Å². The van der Waals surface area contributed by atoms with E-state index >= 15 is 0 Å². The highest BCUT2D eigenvalue weighted by atomic mass is 19.1. The zero-order valence-corrected chi connectivity index (χ0v) is 14.6. The fraction of sp³-hybridized carbons (Fsp3) is 0.421. The number of likely N-dealkylation sites (tertiary alicyclic amines) is 1. The number of rotatable bonds is 4. The molecule has 0 spiro atoms. The number of halogens is 1. The van der Waals surface area contributed by atoms with Gasteiger partial charge < -0.3 is 5.32 Å². The van der Waals surface area contributed by atoms with Crippen LogP contribution in [-0.4, -0.2) is 39.9 Å². The topological polar surface area (TPSA) is 58.1 Å². The van der Waals surface area contributed by atoms with Crippen molar-refractivity contribution in [2.45, 2.75) is 39.3 Å². The minimum absolute atomic E-state index is 0.120. The lowest BCUT2D eigenvalue weighted by Gasteiger charge is -2.32. The molecule has 1 fully saturated rings. The molecule has 2 heterocycles. The van der Waals surface area contributed by atoms with Crippen LogP contribution in [0.1, 0.15) is 40.3 Å². The summed E-state index contributed by atoms with van der Waals surface area (Å²) in [5, 5.41) is 3.07. The molecule has 6 heteroatoms. The van der Waals surface area contributed by atoms with Crippen molar-refractivity contribution in [2.24, 2.45) is 0 Å². The van der Waals surface area contributed by atoms with Gasteiger partial charge in [-0.15, -0.1) is 0 Å². The largest absolute Gasteiger partial charge is 0.349 e. The highest BCUT2D eigenvalue weighted by Crippen LogP contribution is 2.16. The molecule has 1 N–H and O–H groups in total. The van der Waals surface area contributed by atoms with Gasteiger partial charge >= 0.3 is 0 Å². The molecule has 0 bridgehead atoms. The molecule has 5 nitrogen and oxygen atoms in total. The maximum atomic E-state index is 13.8. The van der Waals surface area contributed by atoms with Gasteiger partial charge in [0.1, 0.15) is 11.6 Å². The Balaban J connectivity index is 1.52. The van der Waals surface area contributed by atoms with Gasteiger partial charge in [0.05, 0.1) is 11.3 Å². The van der Waals surface area contributed by atoms with E-state index in [0.717, 1.165) is 31.5 Å². The van der Waals surface area contributed by atoms with Crippen LogP contribution in [0.15, 0.2) is 30.5 Å². The lowest BCUT2D eigenvalue weighted by atomic mass is 10.0. The van der Waals surface area contributed by atoms with Crippen LogP contribution in [0.4, 0.5) is 4.39 Å². The highest BCUT2D eigenvalue weighted by molar-refractivity contribution is 5.95. The van der Waals surface area contributed by atoms with E-state index in [9.17, 15) is 9.18 Å². The second-order valence-corrected chi connectivity index (χ2v) is 6.53. The second-order valence-electron chi connectivity index (χ2n) is 6.53. The Morgan fingerprint density at radius 3 is 2.68 bits per heavy atom. The summed E-state index contributed by atoms with van der Waals surface area (Å²) in [6, 6.07) is 7.01. The van der Waals surface area contributed by atoms with Crippen molar-refractivity contribution in [2.75, 3.05) is 13.1 Å². The van der Waals surface area contributed by atoms with Gasteiger partial charge in [0.2, 0.25) is 0 Å². The quantitative estimate of drug-likeness (QED) is 0.928. The average molecular weight is 342 g/mol. The number of carbonyl (C=O) groups is 1. The molecule has 1 saturated heterocycles. The lowest BCUT2D eigenvalue weighted by molar-refractivity contribution is 0.0907. The second kappa shape index (κ2) is 7.70. The maximum absolute atomic E-state index is 13.8. The minimum Gasteiger partial charge on any atom is -0.349 e. The third-order valence-corrected chi connectivity index (χ3v) is 4.62. The monoisotopic (exact) mass is 342 g/mol. The third-order valence-electron chi connectivity index (χ3n) is 4.62. The van der Waals surface area contributed by atoms with Gasteiger partial charge in [-0.05, 0) is 32.8 Å². The van der Waals surface area contributed by atoms with Crippen LogP contribution < -0.4 is 5.32 Å². The van der Waals surface area contributed by atoms with Gasteiger partial charge in [0.25, 0.3) is 5.91 Å². The van der Waals surface area contributed by atoms with Crippen LogP contribution >= 0.6 is 0 Å². The van der Waals surface area contributed by atoms with Crippen LogP contribution in [0.5, 0.6) is 0 Å². The number of piperidine rings is 1. The third kappa shape index (κ3) is 4.39. The summed E-state index contributed by atoms with van der Waals surface area (Å²) >= 11 is 0. The van der Waals surface area contributed by atoms with E-state index in [4.69, 9.17) is 0 Å². The molecule has 1 aromatic carbocycles. The summed E-state index contributed by atoms with van der Waals surface area (Å²) in [5.74, 6) is 0.383. The molecule has 1 aromatic heterocycles. The molecule has 0 atom stereocenters. The number of benzene rings is 1. The number of hydrogen-bond acceptors (Lipinski definition) is 4. The van der Waals surface area contributed by atoms with Gasteiger partial charge in [-0.1, -0.05) is 18.2 Å². The first-order valence-electron chi connectivity index (χ1n) is 8.60. The molecule has 0 aliphatic carbocycles. The molecular weight excluding hydrogens is 319 g/mol. The van der Waals surface area contributed by atoms with E-state index in [1.165, 1.54) is 6.07 Å². The van der Waals surface area contributed by atoms with Crippen molar-refractivity contribution in [3.8, 4) is 0 Å². The Labute approximate surface area is 147 Å². The number of nitrogens with one attached hydrogen (secondary N) is 1. The summed E-state index contributed by atoms with van der Waals surface area (Å²) in [6.45, 7) is 5.91. The molecule has 1 amide bonds. The first-order chi connectivity index (χ1) is 12.0. The Hall–Kier alpha value is -2.34. The zero-order chi connectivity index (χ0) is 17.8. The average Bonchev–Trinajstić information content (AvgIpc) is 2.58. The Morgan fingerprint density at radius 1 is 1.28 bits per heavy atom. The Morgan fingerprint density at radius 2 is 2.00 bits per heavy atom. The predicted molar refractivity (Wildman–Crippen MR) is 93.7 cm³/mol. The highest BCUT2D eigenvalue weighted by Gasteiger charge is 2.22. The Bertz CT molecular complexity index is 757. The number of hydrogen-bond donors (Lipinski definition) is 1. The SMILES string of the molecule is Cc1ncc(C(=O)NC2CCN(Cc3ccccc3F)CC2)c(C)n1. The smallest absolute Gasteiger partial charge is 0.254 e. The van der Waals surface area contributed by atoms with Gasteiger partial charge in [0.15, 0.2) is 0 Å². The van der Waals surface area contributed by atoms with E-state index in [1.807, 2.05) is 19.1 Å². The van der Waals surface area contributed by atoms with Crippen molar-refractivity contribution in [3.05, 3.63) is 58.9 Å². The summed E-state index contributed by atoms with van der Waals surface area (Å²) in [4.78, 5) is 23.0. The van der Waals surface area contributed by atoms with E-state index in [-0.39, 0.29) is 17.8 Å². The maximum Gasteiger partial charge on any atom is 0.254 e. The summed E-state index contributed by atoms with van der Waals surface area (Å²) in [6.07, 6.45) is 3.29. The first kappa shape index (κ1) is 17.5. The van der Waals surface area contributed by atoms with Crippen LogP contribution in [0.25, 0.3) is 0 Å². The van der Waals surface area contributed by atoms with Crippen LogP contribution in [0, 0.1) is 19.7 Å². The minimum atomic E-state index is -0.159. The van der Waals surface area contributed by atoms with Crippen molar-refractivity contribution in [1.29, 1.82) is 0 Å². The predicted octanol–water partition coefficient (Wildman–Crippen LogP) is 2.63. The normalized spacial score (nSPS) is 16.0. The van der Waals surface area contributed by atoms with Crippen molar-refractivity contribution < 1.29 is 9.18 Å². The van der Waals surface area contributed by atoms with Crippen LogP contribution in [0.2, 0.25) is 0 Å². The molecule has 2 aromatic rings. The van der Waals surface area contributed by atoms with Crippen molar-refractivity contribution in [3.63, 3.8) is 0 Å². The molecule has 0 saturated carbocycles. The molecule has 25 heavy (non-hydrogen) atoms. The summed E-state index contributed by atoms with van der Waals surface area (Å²) in [7, 11) is 0. The fourth-order valence-corrected chi connectivity index (χ4v) is 3.17. The van der Waals surface area contributed by atoms with Crippen LogP contribution in [0.3, 0.4) is 0 Å². The van der Waals surface area contributed by atoms with E-state index in [1.54, 1.807) is 19.2 Å². The van der Waals surface area contributed by atoms with E-state index in [0.29, 0.717) is 23.6 Å². The lowest BCUT2D eigenvalue weighted by Crippen LogP contribution is -2.44. The van der Waals surface area contributed by atoms with Gasteiger partial charge in [-0.25, -0.2) is 14.4 Å². The summed E-state index contributed by atoms with van der Waals surface area (Å²) in [5.41, 5.74) is 1.94. The number of amides is 1. The molecule has 1 aliphatic heterocycles. The van der Waals surface area contributed by atoms with Crippen LogP contribution in [-0.2, 0) is 6.54 Å².